The summed E-state index contributed by atoms with van der Waals surface area (Å²) in [6.07, 6.45) is 0. The SMILES string of the molecule is O=C(Cl)c1ccc(-c2ccc(C(=O)Cl)c(C(=O)Cl)c2)cc1C(=O)Cl. The number of hydrogen-bond donors (Lipinski definition) is 0. The molecule has 0 aliphatic heterocycles. The molecule has 0 N–H and O–H groups in total. The molecule has 0 saturated heterocycles. The molecular formula is C16H6Cl4O4. The number of rotatable bonds is 5. The fourth-order valence-electron chi connectivity index (χ4n) is 2.12. The Bertz CT molecular complexity index is 816. The quantitative estimate of drug-likeness (QED) is 0.667. The Hall–Kier alpha value is -1.72. The molecule has 2 aromatic carbocycles. The van der Waals surface area contributed by atoms with Crippen LogP contribution in [0.4, 0.5) is 0 Å². The van der Waals surface area contributed by atoms with E-state index in [4.69, 9.17) is 46.4 Å². The highest BCUT2D eigenvalue weighted by molar-refractivity contribution is 6.72. The first-order valence-corrected chi connectivity index (χ1v) is 7.81. The summed E-state index contributed by atoms with van der Waals surface area (Å²) >= 11 is 21.8. The van der Waals surface area contributed by atoms with Gasteiger partial charge in [-0.1, -0.05) is 12.1 Å². The lowest BCUT2D eigenvalue weighted by Gasteiger charge is -2.09. The lowest BCUT2D eigenvalue weighted by Crippen LogP contribution is -2.03. The molecule has 8 heteroatoms. The molecule has 0 fully saturated rings. The Balaban J connectivity index is 2.64. The Labute approximate surface area is 156 Å². The summed E-state index contributed by atoms with van der Waals surface area (Å²) in [5.74, 6) is 0. The zero-order valence-electron chi connectivity index (χ0n) is 11.6. The molecule has 2 aromatic rings. The maximum Gasteiger partial charge on any atom is 0.253 e. The molecule has 0 spiro atoms. The maximum atomic E-state index is 11.5. The van der Waals surface area contributed by atoms with Gasteiger partial charge in [0, 0.05) is 22.3 Å². The van der Waals surface area contributed by atoms with Crippen molar-refractivity contribution >= 4 is 67.4 Å². The van der Waals surface area contributed by atoms with Gasteiger partial charge in [0.1, 0.15) is 0 Å². The van der Waals surface area contributed by atoms with Crippen LogP contribution in [0.15, 0.2) is 36.4 Å². The Kier molecular flexibility index (Phi) is 5.78. The Morgan fingerprint density at radius 3 is 1.04 bits per heavy atom. The van der Waals surface area contributed by atoms with E-state index >= 15 is 0 Å². The highest BCUT2D eigenvalue weighted by Crippen LogP contribution is 2.28. The molecule has 0 amide bonds. The average Bonchev–Trinajstić information content (AvgIpc) is 2.53. The van der Waals surface area contributed by atoms with E-state index in [2.05, 4.69) is 0 Å². The smallest absolute Gasteiger partial charge is 0.253 e. The van der Waals surface area contributed by atoms with Crippen LogP contribution >= 0.6 is 46.4 Å². The number of benzene rings is 2. The average molecular weight is 404 g/mol. The van der Waals surface area contributed by atoms with Gasteiger partial charge in [-0.2, -0.15) is 0 Å². The van der Waals surface area contributed by atoms with E-state index in [1.165, 1.54) is 36.4 Å². The zero-order chi connectivity index (χ0) is 18.0. The molecule has 0 radical (unpaired) electrons. The molecule has 0 atom stereocenters. The topological polar surface area (TPSA) is 68.3 Å². The van der Waals surface area contributed by atoms with E-state index in [0.717, 1.165) is 0 Å². The predicted molar refractivity (Wildman–Crippen MR) is 92.6 cm³/mol. The number of carbonyl (C=O) groups excluding carboxylic acids is 4. The minimum atomic E-state index is -0.859. The monoisotopic (exact) mass is 402 g/mol. The van der Waals surface area contributed by atoms with E-state index in [-0.39, 0.29) is 22.3 Å². The second-order valence-corrected chi connectivity index (χ2v) is 5.99. The van der Waals surface area contributed by atoms with Crippen LogP contribution in [0.25, 0.3) is 11.1 Å². The lowest BCUT2D eigenvalue weighted by molar-refractivity contribution is 0.105. The maximum absolute atomic E-state index is 11.5. The third kappa shape index (κ3) is 3.84. The van der Waals surface area contributed by atoms with Crippen LogP contribution in [0.5, 0.6) is 0 Å². The van der Waals surface area contributed by atoms with E-state index in [1.54, 1.807) is 0 Å². The molecule has 0 bridgehead atoms. The van der Waals surface area contributed by atoms with Gasteiger partial charge < -0.3 is 0 Å². The summed E-state index contributed by atoms with van der Waals surface area (Å²) in [5.41, 5.74) is 0.695. The van der Waals surface area contributed by atoms with E-state index in [1.807, 2.05) is 0 Å². The molecule has 0 aliphatic carbocycles. The van der Waals surface area contributed by atoms with Crippen molar-refractivity contribution in [2.45, 2.75) is 0 Å². The fraction of sp³-hybridized carbons (Fsp3) is 0. The molecule has 0 unspecified atom stereocenters. The summed E-state index contributed by atoms with van der Waals surface area (Å²) in [7, 11) is 0. The van der Waals surface area contributed by atoms with E-state index in [0.29, 0.717) is 11.1 Å². The minimum absolute atomic E-state index is 0.0402. The summed E-state index contributed by atoms with van der Waals surface area (Å²) in [4.78, 5) is 45.6. The van der Waals surface area contributed by atoms with Gasteiger partial charge in [0.05, 0.1) is 0 Å². The summed E-state index contributed by atoms with van der Waals surface area (Å²) in [5, 5.41) is -3.38. The van der Waals surface area contributed by atoms with Gasteiger partial charge in [0.2, 0.25) is 0 Å². The second kappa shape index (κ2) is 7.45. The van der Waals surface area contributed by atoms with Gasteiger partial charge in [0.25, 0.3) is 21.0 Å². The zero-order valence-corrected chi connectivity index (χ0v) is 14.6. The highest BCUT2D eigenvalue weighted by atomic mass is 35.5. The molecule has 0 aliphatic rings. The second-order valence-electron chi connectivity index (χ2n) is 4.62. The molecule has 0 heterocycles. The molecule has 0 aromatic heterocycles. The normalized spacial score (nSPS) is 10.3. The third-order valence-electron chi connectivity index (χ3n) is 3.22. The molecule has 122 valence electrons. The highest BCUT2D eigenvalue weighted by Gasteiger charge is 2.18. The standard InChI is InChI=1S/C16H6Cl4O4/c17-13(21)9-3-1-7(5-11(9)15(19)23)8-2-4-10(14(18)22)12(6-8)16(20)24/h1-6H. The van der Waals surface area contributed by atoms with Gasteiger partial charge in [-0.3, -0.25) is 19.2 Å². The number of hydrogen-bond acceptors (Lipinski definition) is 4. The number of carbonyl (C=O) groups is 4. The van der Waals surface area contributed by atoms with E-state index in [9.17, 15) is 19.2 Å². The number of halogens is 4. The van der Waals surface area contributed by atoms with E-state index < -0.39 is 21.0 Å². The fourth-order valence-corrected chi connectivity index (χ4v) is 2.76. The Morgan fingerprint density at radius 1 is 0.500 bits per heavy atom. The first-order chi connectivity index (χ1) is 11.2. The summed E-state index contributed by atoms with van der Waals surface area (Å²) in [6.45, 7) is 0. The van der Waals surface area contributed by atoms with Crippen molar-refractivity contribution in [3.63, 3.8) is 0 Å². The Morgan fingerprint density at radius 2 is 0.792 bits per heavy atom. The van der Waals surface area contributed by atoms with Crippen molar-refractivity contribution in [2.24, 2.45) is 0 Å². The van der Waals surface area contributed by atoms with Crippen LogP contribution in [-0.4, -0.2) is 21.0 Å². The van der Waals surface area contributed by atoms with Crippen molar-refractivity contribution in [1.82, 2.24) is 0 Å². The first kappa shape index (κ1) is 18.6. The lowest BCUT2D eigenvalue weighted by atomic mass is 9.97. The van der Waals surface area contributed by atoms with Crippen molar-refractivity contribution in [1.29, 1.82) is 0 Å². The van der Waals surface area contributed by atoms with Crippen LogP contribution in [0, 0.1) is 0 Å². The molecular weight excluding hydrogens is 398 g/mol. The molecule has 24 heavy (non-hydrogen) atoms. The van der Waals surface area contributed by atoms with Crippen molar-refractivity contribution in [3.05, 3.63) is 58.7 Å². The molecule has 0 saturated carbocycles. The van der Waals surface area contributed by atoms with Crippen LogP contribution in [0.1, 0.15) is 41.4 Å². The van der Waals surface area contributed by atoms with Crippen LogP contribution in [0.2, 0.25) is 0 Å². The third-order valence-corrected chi connectivity index (χ3v) is 4.03. The van der Waals surface area contributed by atoms with Gasteiger partial charge in [0.15, 0.2) is 0 Å². The summed E-state index contributed by atoms with van der Waals surface area (Å²) < 4.78 is 0. The minimum Gasteiger partial charge on any atom is -0.276 e. The van der Waals surface area contributed by atoms with Gasteiger partial charge in [-0.05, 0) is 81.8 Å². The van der Waals surface area contributed by atoms with Crippen LogP contribution in [-0.2, 0) is 0 Å². The van der Waals surface area contributed by atoms with Crippen molar-refractivity contribution in [3.8, 4) is 11.1 Å². The van der Waals surface area contributed by atoms with Crippen molar-refractivity contribution in [2.75, 3.05) is 0 Å². The van der Waals surface area contributed by atoms with Gasteiger partial charge in [-0.15, -0.1) is 0 Å². The van der Waals surface area contributed by atoms with Crippen molar-refractivity contribution < 1.29 is 19.2 Å². The molecule has 4 nitrogen and oxygen atoms in total. The summed E-state index contributed by atoms with van der Waals surface area (Å²) in [6, 6.07) is 8.40. The van der Waals surface area contributed by atoms with Gasteiger partial charge in [-0.25, -0.2) is 0 Å². The van der Waals surface area contributed by atoms with Crippen LogP contribution in [0.3, 0.4) is 0 Å². The largest absolute Gasteiger partial charge is 0.276 e. The predicted octanol–water partition coefficient (Wildman–Crippen LogP) is 4.87. The van der Waals surface area contributed by atoms with Gasteiger partial charge >= 0.3 is 0 Å². The first-order valence-electron chi connectivity index (χ1n) is 6.30. The van der Waals surface area contributed by atoms with Crippen LogP contribution < -0.4 is 0 Å². The molecule has 2 rings (SSSR count).